The second kappa shape index (κ2) is 5.47. The van der Waals surface area contributed by atoms with E-state index in [0.29, 0.717) is 6.61 Å². The molecule has 0 N–H and O–H groups in total. The Morgan fingerprint density at radius 1 is 1.53 bits per heavy atom. The second-order valence-corrected chi connectivity index (χ2v) is 4.13. The molecule has 1 aliphatic heterocycles. The minimum absolute atomic E-state index is 0.265. The van der Waals surface area contributed by atoms with E-state index in [4.69, 9.17) is 9.47 Å². The Hall–Kier alpha value is -0.610. The number of aromatic nitrogens is 1. The van der Waals surface area contributed by atoms with Gasteiger partial charge < -0.3 is 9.47 Å². The number of alkyl halides is 1. The molecule has 15 heavy (non-hydrogen) atoms. The summed E-state index contributed by atoms with van der Waals surface area (Å²) in [5.41, 5.74) is 1.01. The number of rotatable bonds is 4. The molecule has 0 spiro atoms. The molecule has 1 atom stereocenters. The largest absolute Gasteiger partial charge is 0.489 e. The molecule has 82 valence electrons. The minimum atomic E-state index is 0.265. The van der Waals surface area contributed by atoms with Gasteiger partial charge in [-0.25, -0.2) is 0 Å². The van der Waals surface area contributed by atoms with E-state index in [2.05, 4.69) is 20.9 Å². The highest BCUT2D eigenvalue weighted by Crippen LogP contribution is 2.15. The third-order valence-corrected chi connectivity index (χ3v) is 2.97. The van der Waals surface area contributed by atoms with Gasteiger partial charge in [0.15, 0.2) is 0 Å². The average Bonchev–Trinajstić information content (AvgIpc) is 2.80. The zero-order valence-corrected chi connectivity index (χ0v) is 10.1. The maximum atomic E-state index is 5.59. The van der Waals surface area contributed by atoms with Crippen molar-refractivity contribution in [3.8, 4) is 5.75 Å². The Bertz CT molecular complexity index is 296. The molecule has 1 fully saturated rings. The van der Waals surface area contributed by atoms with Gasteiger partial charge in [-0.2, -0.15) is 0 Å². The molecule has 1 aromatic heterocycles. The van der Waals surface area contributed by atoms with Crippen LogP contribution < -0.4 is 4.74 Å². The molecule has 0 aromatic carbocycles. The summed E-state index contributed by atoms with van der Waals surface area (Å²) in [7, 11) is 0. The molecular formula is C11H14BrNO2. The molecule has 0 amide bonds. The smallest absolute Gasteiger partial charge is 0.137 e. The van der Waals surface area contributed by atoms with Gasteiger partial charge >= 0.3 is 0 Å². The summed E-state index contributed by atoms with van der Waals surface area (Å²) >= 11 is 3.35. The van der Waals surface area contributed by atoms with Crippen LogP contribution >= 0.6 is 15.9 Å². The summed E-state index contributed by atoms with van der Waals surface area (Å²) in [5.74, 6) is 0.815. The first-order chi connectivity index (χ1) is 7.38. The lowest BCUT2D eigenvalue weighted by molar-refractivity contribution is 0.0678. The second-order valence-electron chi connectivity index (χ2n) is 3.56. The SMILES string of the molecule is BrCc1ccc(OCC2CCCO2)cn1. The number of halogens is 1. The number of nitrogens with zero attached hydrogens (tertiary/aromatic N) is 1. The van der Waals surface area contributed by atoms with Gasteiger partial charge in [0.1, 0.15) is 12.4 Å². The van der Waals surface area contributed by atoms with Crippen LogP contribution in [0.3, 0.4) is 0 Å². The summed E-state index contributed by atoms with van der Waals surface area (Å²) in [5, 5.41) is 0.777. The Labute approximate surface area is 97.9 Å². The van der Waals surface area contributed by atoms with Crippen LogP contribution in [0, 0.1) is 0 Å². The van der Waals surface area contributed by atoms with E-state index < -0.39 is 0 Å². The van der Waals surface area contributed by atoms with Crippen LogP contribution in [0.1, 0.15) is 18.5 Å². The topological polar surface area (TPSA) is 31.4 Å². The summed E-state index contributed by atoms with van der Waals surface area (Å²) in [6.07, 6.45) is 4.27. The highest BCUT2D eigenvalue weighted by atomic mass is 79.9. The van der Waals surface area contributed by atoms with E-state index in [-0.39, 0.29) is 6.10 Å². The standard InChI is InChI=1S/C11H14BrNO2/c12-6-9-3-4-10(7-13-9)15-8-11-2-1-5-14-11/h3-4,7,11H,1-2,5-6,8H2. The first-order valence-electron chi connectivity index (χ1n) is 5.14. The van der Waals surface area contributed by atoms with Gasteiger partial charge in [0.05, 0.1) is 18.0 Å². The van der Waals surface area contributed by atoms with Crippen molar-refractivity contribution >= 4 is 15.9 Å². The summed E-state index contributed by atoms with van der Waals surface area (Å²) < 4.78 is 11.1. The van der Waals surface area contributed by atoms with Crippen molar-refractivity contribution < 1.29 is 9.47 Å². The predicted molar refractivity (Wildman–Crippen MR) is 61.3 cm³/mol. The van der Waals surface area contributed by atoms with E-state index in [1.54, 1.807) is 6.20 Å². The van der Waals surface area contributed by atoms with Gasteiger partial charge in [-0.05, 0) is 25.0 Å². The number of pyridine rings is 1. The van der Waals surface area contributed by atoms with Crippen LogP contribution in [0.4, 0.5) is 0 Å². The molecule has 0 radical (unpaired) electrons. The van der Waals surface area contributed by atoms with Crippen molar-refractivity contribution in [2.24, 2.45) is 0 Å². The van der Waals surface area contributed by atoms with Crippen molar-refractivity contribution in [2.75, 3.05) is 13.2 Å². The first kappa shape index (κ1) is 10.9. The molecule has 0 aliphatic carbocycles. The van der Waals surface area contributed by atoms with Crippen molar-refractivity contribution in [3.05, 3.63) is 24.0 Å². The Balaban J connectivity index is 1.82. The third kappa shape index (κ3) is 3.18. The average molecular weight is 272 g/mol. The Kier molecular flexibility index (Phi) is 3.97. The van der Waals surface area contributed by atoms with Gasteiger partial charge in [-0.1, -0.05) is 15.9 Å². The summed E-state index contributed by atoms with van der Waals surface area (Å²) in [6, 6.07) is 3.90. The minimum Gasteiger partial charge on any atom is -0.489 e. The van der Waals surface area contributed by atoms with Crippen LogP contribution in [0.15, 0.2) is 18.3 Å². The van der Waals surface area contributed by atoms with Crippen molar-refractivity contribution in [1.82, 2.24) is 4.98 Å². The number of ether oxygens (including phenoxy) is 2. The molecular weight excluding hydrogens is 258 g/mol. The highest BCUT2D eigenvalue weighted by Gasteiger charge is 2.15. The molecule has 2 rings (SSSR count). The normalized spacial score (nSPS) is 20.5. The Morgan fingerprint density at radius 3 is 3.07 bits per heavy atom. The van der Waals surface area contributed by atoms with Gasteiger partial charge in [0.25, 0.3) is 0 Å². The van der Waals surface area contributed by atoms with E-state index in [9.17, 15) is 0 Å². The van der Waals surface area contributed by atoms with Gasteiger partial charge in [-0.15, -0.1) is 0 Å². The quantitative estimate of drug-likeness (QED) is 0.789. The molecule has 0 saturated carbocycles. The molecule has 1 aromatic rings. The van der Waals surface area contributed by atoms with E-state index in [0.717, 1.165) is 36.2 Å². The fourth-order valence-electron chi connectivity index (χ4n) is 1.54. The Morgan fingerprint density at radius 2 is 2.47 bits per heavy atom. The summed E-state index contributed by atoms with van der Waals surface area (Å²) in [6.45, 7) is 1.50. The molecule has 4 heteroatoms. The number of hydrogen-bond donors (Lipinski definition) is 0. The van der Waals surface area contributed by atoms with Crippen molar-refractivity contribution in [3.63, 3.8) is 0 Å². The fourth-order valence-corrected chi connectivity index (χ4v) is 1.87. The lowest BCUT2D eigenvalue weighted by Gasteiger charge is -2.11. The molecule has 1 saturated heterocycles. The molecule has 3 nitrogen and oxygen atoms in total. The maximum absolute atomic E-state index is 5.59. The first-order valence-corrected chi connectivity index (χ1v) is 6.26. The van der Waals surface area contributed by atoms with E-state index in [1.807, 2.05) is 12.1 Å². The van der Waals surface area contributed by atoms with Crippen LogP contribution in [0.25, 0.3) is 0 Å². The zero-order chi connectivity index (χ0) is 10.5. The molecule has 0 bridgehead atoms. The lowest BCUT2D eigenvalue weighted by Crippen LogP contribution is -2.16. The van der Waals surface area contributed by atoms with Crippen LogP contribution in [0.5, 0.6) is 5.75 Å². The molecule has 2 heterocycles. The number of hydrogen-bond acceptors (Lipinski definition) is 3. The van der Waals surface area contributed by atoms with Crippen molar-refractivity contribution in [2.45, 2.75) is 24.3 Å². The molecule has 1 unspecified atom stereocenters. The van der Waals surface area contributed by atoms with Crippen molar-refractivity contribution in [1.29, 1.82) is 0 Å². The van der Waals surface area contributed by atoms with E-state index in [1.165, 1.54) is 0 Å². The fraction of sp³-hybridized carbons (Fsp3) is 0.545. The van der Waals surface area contributed by atoms with Crippen LogP contribution in [-0.4, -0.2) is 24.3 Å². The van der Waals surface area contributed by atoms with Crippen LogP contribution in [0.2, 0.25) is 0 Å². The highest BCUT2D eigenvalue weighted by molar-refractivity contribution is 9.08. The van der Waals surface area contributed by atoms with Gasteiger partial charge in [-0.3, -0.25) is 4.98 Å². The maximum Gasteiger partial charge on any atom is 0.137 e. The molecule has 1 aliphatic rings. The van der Waals surface area contributed by atoms with Gasteiger partial charge in [0.2, 0.25) is 0 Å². The van der Waals surface area contributed by atoms with E-state index >= 15 is 0 Å². The summed E-state index contributed by atoms with van der Waals surface area (Å²) in [4.78, 5) is 4.23. The van der Waals surface area contributed by atoms with Crippen LogP contribution in [-0.2, 0) is 10.1 Å². The van der Waals surface area contributed by atoms with Gasteiger partial charge in [0, 0.05) is 11.9 Å². The zero-order valence-electron chi connectivity index (χ0n) is 8.49. The predicted octanol–water partition coefficient (Wildman–Crippen LogP) is 2.53. The third-order valence-electron chi connectivity index (χ3n) is 2.39. The monoisotopic (exact) mass is 271 g/mol. The lowest BCUT2D eigenvalue weighted by atomic mass is 10.2.